The number of carbonyl (C=O) groups is 3. The highest BCUT2D eigenvalue weighted by Crippen LogP contribution is 2.28. The molecule has 1 fully saturated rings. The topological polar surface area (TPSA) is 54.5 Å². The second-order valence-electron chi connectivity index (χ2n) is 9.06. The molecule has 2 aromatic rings. The van der Waals surface area contributed by atoms with Gasteiger partial charge in [0.25, 0.3) is 5.91 Å². The lowest BCUT2D eigenvalue weighted by molar-refractivity contribution is -0.150. The molecule has 0 spiro atoms. The van der Waals surface area contributed by atoms with Gasteiger partial charge in [0, 0.05) is 17.7 Å². The van der Waals surface area contributed by atoms with Gasteiger partial charge in [-0.25, -0.2) is 0 Å². The molecule has 1 amide bonds. The van der Waals surface area contributed by atoms with Gasteiger partial charge in [0.05, 0.1) is 0 Å². The van der Waals surface area contributed by atoms with E-state index in [2.05, 4.69) is 36.4 Å². The van der Waals surface area contributed by atoms with Crippen molar-refractivity contribution in [3.63, 3.8) is 0 Å². The first-order valence-electron chi connectivity index (χ1n) is 11.5. The summed E-state index contributed by atoms with van der Waals surface area (Å²) in [6.07, 6.45) is 3.83. The molecule has 0 saturated carbocycles. The molecule has 4 nitrogen and oxygen atoms in total. The summed E-state index contributed by atoms with van der Waals surface area (Å²) in [6, 6.07) is 18.4. The number of ketones is 1. The van der Waals surface area contributed by atoms with E-state index in [1.54, 1.807) is 13.8 Å². The molecule has 32 heavy (non-hydrogen) atoms. The van der Waals surface area contributed by atoms with E-state index in [0.29, 0.717) is 25.1 Å². The zero-order valence-corrected chi connectivity index (χ0v) is 20.1. The van der Waals surface area contributed by atoms with Gasteiger partial charge in [0.2, 0.25) is 10.9 Å². The molecule has 1 atom stereocenters. The van der Waals surface area contributed by atoms with Crippen molar-refractivity contribution < 1.29 is 14.4 Å². The Morgan fingerprint density at radius 3 is 2.31 bits per heavy atom. The van der Waals surface area contributed by atoms with Gasteiger partial charge in [0.15, 0.2) is 0 Å². The molecule has 0 bridgehead atoms. The Morgan fingerprint density at radius 2 is 1.66 bits per heavy atom. The Labute approximate surface area is 195 Å². The van der Waals surface area contributed by atoms with Crippen molar-refractivity contribution in [2.24, 2.45) is 5.41 Å². The number of carbonyl (C=O) groups excluding carboxylic acids is 3. The highest BCUT2D eigenvalue weighted by Gasteiger charge is 2.40. The van der Waals surface area contributed by atoms with Gasteiger partial charge in [0.1, 0.15) is 6.04 Å². The van der Waals surface area contributed by atoms with Gasteiger partial charge >= 0.3 is 0 Å². The van der Waals surface area contributed by atoms with Crippen LogP contribution in [0.3, 0.4) is 0 Å². The monoisotopic (exact) mass is 451 g/mol. The summed E-state index contributed by atoms with van der Waals surface area (Å²) >= 11 is 1.29. The molecule has 0 aliphatic carbocycles. The lowest BCUT2D eigenvalue weighted by Crippen LogP contribution is -2.47. The molecule has 2 aromatic carbocycles. The first-order chi connectivity index (χ1) is 15.3. The molecule has 1 saturated heterocycles. The molecular formula is C27H33NO3S. The van der Waals surface area contributed by atoms with Crippen LogP contribution in [0.5, 0.6) is 0 Å². The zero-order valence-electron chi connectivity index (χ0n) is 19.3. The van der Waals surface area contributed by atoms with Crippen LogP contribution in [0.2, 0.25) is 0 Å². The number of nitrogens with zero attached hydrogens (tertiary/aromatic N) is 1. The van der Waals surface area contributed by atoms with Gasteiger partial charge in [-0.1, -0.05) is 87.1 Å². The summed E-state index contributed by atoms with van der Waals surface area (Å²) in [6.45, 7) is 5.99. The van der Waals surface area contributed by atoms with Crippen molar-refractivity contribution >= 4 is 28.6 Å². The molecule has 0 radical (unpaired) electrons. The van der Waals surface area contributed by atoms with Crippen LogP contribution in [0.25, 0.3) is 11.1 Å². The van der Waals surface area contributed by atoms with E-state index in [1.807, 2.05) is 25.1 Å². The molecule has 170 valence electrons. The Hall–Kier alpha value is -2.40. The standard InChI is InChI=1S/C27H33NO3S/c1-4-27(2,3)24(29)25(30)28-18-8-13-23(28)26(31)32-19-9-10-20-14-16-22(17-15-20)21-11-6-5-7-12-21/h5-7,11-12,14-17,23H,4,8-10,13,18-19H2,1-3H3/t23-/m0/s1. The SMILES string of the molecule is CCC(C)(C)C(=O)C(=O)N1CCC[C@H]1C(=O)SCCCc1ccc(-c2ccccc2)cc1. The fraction of sp³-hybridized carbons (Fsp3) is 0.444. The highest BCUT2D eigenvalue weighted by molar-refractivity contribution is 8.13. The van der Waals surface area contributed by atoms with Gasteiger partial charge in [-0.3, -0.25) is 14.4 Å². The molecule has 1 heterocycles. The van der Waals surface area contributed by atoms with Gasteiger partial charge < -0.3 is 4.90 Å². The predicted molar refractivity (Wildman–Crippen MR) is 131 cm³/mol. The van der Waals surface area contributed by atoms with Crippen molar-refractivity contribution in [1.82, 2.24) is 4.90 Å². The zero-order chi connectivity index (χ0) is 23.1. The maximum absolute atomic E-state index is 12.8. The van der Waals surface area contributed by atoms with E-state index in [4.69, 9.17) is 0 Å². The molecule has 0 aromatic heterocycles. The number of rotatable bonds is 9. The van der Waals surface area contributed by atoms with Crippen molar-refractivity contribution in [2.75, 3.05) is 12.3 Å². The number of Topliss-reactive ketones (excluding diaryl/α,β-unsaturated/α-hetero) is 1. The van der Waals surface area contributed by atoms with E-state index in [9.17, 15) is 14.4 Å². The van der Waals surface area contributed by atoms with E-state index in [1.165, 1.54) is 33.4 Å². The number of thioether (sulfide) groups is 1. The van der Waals surface area contributed by atoms with Crippen molar-refractivity contribution in [1.29, 1.82) is 0 Å². The summed E-state index contributed by atoms with van der Waals surface area (Å²) in [4.78, 5) is 39.6. The molecule has 1 aliphatic heterocycles. The van der Waals surface area contributed by atoms with Crippen LogP contribution in [-0.2, 0) is 20.8 Å². The van der Waals surface area contributed by atoms with Crippen LogP contribution < -0.4 is 0 Å². The molecule has 0 N–H and O–H groups in total. The van der Waals surface area contributed by atoms with E-state index < -0.39 is 17.4 Å². The molecule has 1 aliphatic rings. The van der Waals surface area contributed by atoms with E-state index in [0.717, 1.165) is 19.3 Å². The van der Waals surface area contributed by atoms with Crippen molar-refractivity contribution in [3.8, 4) is 11.1 Å². The number of likely N-dealkylation sites (tertiary alicyclic amines) is 1. The Balaban J connectivity index is 1.47. The van der Waals surface area contributed by atoms with Gasteiger partial charge in [-0.15, -0.1) is 0 Å². The van der Waals surface area contributed by atoms with E-state index in [-0.39, 0.29) is 10.9 Å². The average molecular weight is 452 g/mol. The summed E-state index contributed by atoms with van der Waals surface area (Å²) in [5, 5.41) is 0.0115. The molecule has 3 rings (SSSR count). The number of hydrogen-bond donors (Lipinski definition) is 0. The third-order valence-electron chi connectivity index (χ3n) is 6.39. The lowest BCUT2D eigenvalue weighted by Gasteiger charge is -2.27. The summed E-state index contributed by atoms with van der Waals surface area (Å²) < 4.78 is 0. The second kappa shape index (κ2) is 11.0. The number of hydrogen-bond acceptors (Lipinski definition) is 4. The van der Waals surface area contributed by atoms with Crippen LogP contribution >= 0.6 is 11.8 Å². The summed E-state index contributed by atoms with van der Waals surface area (Å²) in [5.41, 5.74) is 2.97. The maximum atomic E-state index is 12.8. The van der Waals surface area contributed by atoms with Crippen molar-refractivity contribution in [3.05, 3.63) is 60.2 Å². The number of benzene rings is 2. The molecular weight excluding hydrogens is 418 g/mol. The maximum Gasteiger partial charge on any atom is 0.291 e. The largest absolute Gasteiger partial charge is 0.325 e. The lowest BCUT2D eigenvalue weighted by atomic mass is 9.84. The quantitative estimate of drug-likeness (QED) is 0.371. The average Bonchev–Trinajstić information content (AvgIpc) is 3.32. The Bertz CT molecular complexity index is 937. The van der Waals surface area contributed by atoms with Crippen LogP contribution in [-0.4, -0.2) is 40.0 Å². The third kappa shape index (κ3) is 5.89. The normalized spacial score (nSPS) is 16.2. The Kier molecular flexibility index (Phi) is 8.30. The van der Waals surface area contributed by atoms with Gasteiger partial charge in [-0.05, 0) is 48.8 Å². The minimum Gasteiger partial charge on any atom is -0.325 e. The van der Waals surface area contributed by atoms with Crippen molar-refractivity contribution in [2.45, 2.75) is 58.9 Å². The fourth-order valence-corrected chi connectivity index (χ4v) is 4.80. The molecule has 5 heteroatoms. The Morgan fingerprint density at radius 1 is 1.00 bits per heavy atom. The van der Waals surface area contributed by atoms with Gasteiger partial charge in [-0.2, -0.15) is 0 Å². The third-order valence-corrected chi connectivity index (χ3v) is 7.44. The summed E-state index contributed by atoms with van der Waals surface area (Å²) in [7, 11) is 0. The van der Waals surface area contributed by atoms with Crippen LogP contribution in [0.1, 0.15) is 52.0 Å². The number of aryl methyl sites for hydroxylation is 1. The predicted octanol–water partition coefficient (Wildman–Crippen LogP) is 5.54. The fourth-order valence-electron chi connectivity index (χ4n) is 3.88. The summed E-state index contributed by atoms with van der Waals surface area (Å²) in [5.74, 6) is -0.165. The highest BCUT2D eigenvalue weighted by atomic mass is 32.2. The van der Waals surface area contributed by atoms with E-state index >= 15 is 0 Å². The second-order valence-corrected chi connectivity index (χ2v) is 10.2. The smallest absolute Gasteiger partial charge is 0.291 e. The minimum atomic E-state index is -0.684. The van der Waals surface area contributed by atoms with Crippen LogP contribution in [0.4, 0.5) is 0 Å². The van der Waals surface area contributed by atoms with Crippen LogP contribution in [0, 0.1) is 5.41 Å². The van der Waals surface area contributed by atoms with Crippen LogP contribution in [0.15, 0.2) is 54.6 Å². The molecule has 0 unspecified atom stereocenters. The number of amides is 1. The first kappa shape index (κ1) is 24.2. The first-order valence-corrected chi connectivity index (χ1v) is 12.5. The minimum absolute atomic E-state index is 0.0115.